The van der Waals surface area contributed by atoms with E-state index in [1.54, 1.807) is 0 Å². The van der Waals surface area contributed by atoms with Crippen LogP contribution >= 0.6 is 34.5 Å². The first-order valence-corrected chi connectivity index (χ1v) is 10.9. The van der Waals surface area contributed by atoms with Crippen molar-refractivity contribution in [2.24, 2.45) is 0 Å². The second-order valence-electron chi connectivity index (χ2n) is 7.04. The number of aliphatic hydroxyl groups is 1. The molecule has 3 heterocycles. The molecule has 0 radical (unpaired) electrons. The molecule has 3 aromatic rings. The number of alkyl halides is 3. The van der Waals surface area contributed by atoms with Gasteiger partial charge in [-0.2, -0.15) is 17.6 Å². The van der Waals surface area contributed by atoms with Crippen LogP contribution in [0.4, 0.5) is 33.5 Å². The lowest BCUT2D eigenvalue weighted by Gasteiger charge is -2.30. The van der Waals surface area contributed by atoms with E-state index in [0.29, 0.717) is 30.9 Å². The zero-order chi connectivity index (χ0) is 23.0. The number of thiazole rings is 1. The van der Waals surface area contributed by atoms with Gasteiger partial charge in [-0.25, -0.2) is 15.0 Å². The van der Waals surface area contributed by atoms with E-state index in [9.17, 15) is 22.7 Å². The fourth-order valence-corrected chi connectivity index (χ4v) is 4.66. The molecule has 170 valence electrons. The molecule has 1 saturated heterocycles. The summed E-state index contributed by atoms with van der Waals surface area (Å²) < 4.78 is 54.4. The second-order valence-corrected chi connectivity index (χ2v) is 8.78. The predicted octanol–water partition coefficient (Wildman–Crippen LogP) is 5.77. The van der Waals surface area contributed by atoms with Gasteiger partial charge in [0.05, 0.1) is 16.7 Å². The molecule has 13 heteroatoms. The molecule has 1 aliphatic heterocycles. The fraction of sp³-hybridized carbons (Fsp3) is 0.316. The molecule has 0 unspecified atom stereocenters. The third-order valence-electron chi connectivity index (χ3n) is 4.88. The highest BCUT2D eigenvalue weighted by Crippen LogP contribution is 2.43. The van der Waals surface area contributed by atoms with Crippen molar-refractivity contribution in [3.8, 4) is 11.3 Å². The lowest BCUT2D eigenvalue weighted by molar-refractivity contribution is -0.137. The van der Waals surface area contributed by atoms with E-state index in [1.165, 1.54) is 12.1 Å². The molecule has 1 aliphatic rings. The van der Waals surface area contributed by atoms with E-state index >= 15 is 0 Å². The van der Waals surface area contributed by atoms with Crippen molar-refractivity contribution < 1.29 is 22.7 Å². The number of anilines is 3. The average molecular weight is 508 g/mol. The van der Waals surface area contributed by atoms with Crippen LogP contribution in [0.2, 0.25) is 10.2 Å². The number of aromatic nitrogens is 3. The Morgan fingerprint density at radius 1 is 1.16 bits per heavy atom. The number of hydrogen-bond donors (Lipinski definition) is 2. The summed E-state index contributed by atoms with van der Waals surface area (Å²) in [7, 11) is 0. The number of nitrogens with zero attached hydrogens (tertiary/aromatic N) is 4. The van der Waals surface area contributed by atoms with E-state index in [4.69, 9.17) is 23.2 Å². The van der Waals surface area contributed by atoms with Crippen molar-refractivity contribution in [1.82, 2.24) is 15.0 Å². The zero-order valence-corrected chi connectivity index (χ0v) is 18.5. The van der Waals surface area contributed by atoms with Crippen LogP contribution in [0.1, 0.15) is 18.4 Å². The van der Waals surface area contributed by atoms with Crippen molar-refractivity contribution >= 4 is 50.5 Å². The number of hydrogen-bond acceptors (Lipinski definition) is 7. The average Bonchev–Trinajstić information content (AvgIpc) is 3.15. The van der Waals surface area contributed by atoms with Gasteiger partial charge < -0.3 is 15.3 Å². The normalized spacial score (nSPS) is 15.3. The van der Waals surface area contributed by atoms with Crippen molar-refractivity contribution in [2.75, 3.05) is 23.3 Å². The van der Waals surface area contributed by atoms with Crippen molar-refractivity contribution in [2.45, 2.75) is 25.1 Å². The topological polar surface area (TPSA) is 74.2 Å². The van der Waals surface area contributed by atoms with Gasteiger partial charge in [0.1, 0.15) is 17.0 Å². The quantitative estimate of drug-likeness (QED) is 0.345. The van der Waals surface area contributed by atoms with Gasteiger partial charge in [-0.05, 0) is 25.0 Å². The van der Waals surface area contributed by atoms with Gasteiger partial charge in [-0.3, -0.25) is 0 Å². The molecule has 4 rings (SSSR count). The van der Waals surface area contributed by atoms with Crippen LogP contribution in [0.3, 0.4) is 0 Å². The van der Waals surface area contributed by atoms with Crippen molar-refractivity contribution in [1.29, 1.82) is 0 Å². The highest BCUT2D eigenvalue weighted by Gasteiger charge is 2.34. The molecule has 1 aromatic carbocycles. The Morgan fingerprint density at radius 3 is 2.56 bits per heavy atom. The van der Waals surface area contributed by atoms with Crippen LogP contribution in [-0.2, 0) is 6.18 Å². The summed E-state index contributed by atoms with van der Waals surface area (Å²) in [6.45, 7) is 0.979. The molecule has 0 saturated carbocycles. The Hall–Kier alpha value is -2.21. The predicted molar refractivity (Wildman–Crippen MR) is 115 cm³/mol. The maximum Gasteiger partial charge on any atom is 0.417 e. The van der Waals surface area contributed by atoms with Gasteiger partial charge in [0.2, 0.25) is 5.82 Å². The minimum atomic E-state index is -4.64. The molecule has 32 heavy (non-hydrogen) atoms. The van der Waals surface area contributed by atoms with Gasteiger partial charge >= 0.3 is 6.18 Å². The number of nitrogens with one attached hydrogen (secondary N) is 1. The molecule has 0 aliphatic carbocycles. The molecule has 0 amide bonds. The Balaban J connectivity index is 1.77. The van der Waals surface area contributed by atoms with Gasteiger partial charge in [0, 0.05) is 18.7 Å². The first-order valence-electron chi connectivity index (χ1n) is 9.37. The summed E-state index contributed by atoms with van der Waals surface area (Å²) >= 11 is 12.6. The first-order chi connectivity index (χ1) is 15.1. The smallest absolute Gasteiger partial charge is 0.393 e. The van der Waals surface area contributed by atoms with E-state index in [1.807, 2.05) is 4.90 Å². The fourth-order valence-electron chi connectivity index (χ4n) is 3.26. The first kappa shape index (κ1) is 23.0. The second kappa shape index (κ2) is 8.97. The van der Waals surface area contributed by atoms with E-state index in [2.05, 4.69) is 20.3 Å². The minimum absolute atomic E-state index is 0.202. The van der Waals surface area contributed by atoms with Gasteiger partial charge in [0.15, 0.2) is 16.1 Å². The van der Waals surface area contributed by atoms with Crippen LogP contribution in [0, 0.1) is 5.82 Å². The molecule has 6 nitrogen and oxygen atoms in total. The largest absolute Gasteiger partial charge is 0.417 e. The molecule has 2 N–H and O–H groups in total. The number of aliphatic hydroxyl groups excluding tert-OH is 1. The number of halogens is 6. The van der Waals surface area contributed by atoms with Crippen LogP contribution in [0.15, 0.2) is 24.5 Å². The summed E-state index contributed by atoms with van der Waals surface area (Å²) in [6, 6.07) is 3.55. The lowest BCUT2D eigenvalue weighted by atomic mass is 10.1. The Kier molecular flexibility index (Phi) is 6.44. The van der Waals surface area contributed by atoms with E-state index in [0.717, 1.165) is 23.7 Å². The third kappa shape index (κ3) is 4.75. The zero-order valence-electron chi connectivity index (χ0n) is 16.1. The molecule has 1 fully saturated rings. The number of benzene rings is 1. The molecule has 0 spiro atoms. The van der Waals surface area contributed by atoms with Crippen LogP contribution in [-0.4, -0.2) is 39.3 Å². The molecular formula is C19H15Cl2F4N5OS. The standard InChI is InChI=1S/C19H15Cl2F4N5OS/c20-12-2-1-9(7-11(12)19(23,24)25)14-17(30-5-3-10(31)4-6-30)32-18(28-14)29-16-13(22)15(21)26-8-27-16/h1-2,7-8,10,31H,3-6H2,(H,26,27,28,29). The Bertz CT molecular complexity index is 1140. The lowest BCUT2D eigenvalue weighted by Crippen LogP contribution is -2.35. The van der Waals surface area contributed by atoms with Crippen LogP contribution in [0.5, 0.6) is 0 Å². The number of piperidine rings is 1. The van der Waals surface area contributed by atoms with E-state index < -0.39 is 28.7 Å². The third-order valence-corrected chi connectivity index (χ3v) is 6.50. The summed E-state index contributed by atoms with van der Waals surface area (Å²) in [6.07, 6.45) is -3.00. The number of rotatable bonds is 4. The SMILES string of the molecule is OC1CCN(c2sc(Nc3ncnc(Cl)c3F)nc2-c2ccc(Cl)c(C(F)(F)F)c2)CC1. The van der Waals surface area contributed by atoms with Gasteiger partial charge in [-0.15, -0.1) is 0 Å². The molecule has 2 aromatic heterocycles. The highest BCUT2D eigenvalue weighted by atomic mass is 35.5. The van der Waals surface area contributed by atoms with Gasteiger partial charge in [-0.1, -0.05) is 40.6 Å². The maximum absolute atomic E-state index is 14.2. The van der Waals surface area contributed by atoms with Crippen molar-refractivity contribution in [3.05, 3.63) is 46.1 Å². The maximum atomic E-state index is 14.2. The summed E-state index contributed by atoms with van der Waals surface area (Å²) in [4.78, 5) is 13.7. The molecular weight excluding hydrogens is 493 g/mol. The Morgan fingerprint density at radius 2 is 1.88 bits per heavy atom. The van der Waals surface area contributed by atoms with Crippen LogP contribution in [0.25, 0.3) is 11.3 Å². The molecule has 0 atom stereocenters. The van der Waals surface area contributed by atoms with E-state index in [-0.39, 0.29) is 27.4 Å². The monoisotopic (exact) mass is 507 g/mol. The van der Waals surface area contributed by atoms with Crippen molar-refractivity contribution in [3.63, 3.8) is 0 Å². The van der Waals surface area contributed by atoms with Gasteiger partial charge in [0.25, 0.3) is 0 Å². The molecule has 0 bridgehead atoms. The summed E-state index contributed by atoms with van der Waals surface area (Å²) in [5.74, 6) is -1.09. The summed E-state index contributed by atoms with van der Waals surface area (Å²) in [5.41, 5.74) is -0.502. The highest BCUT2D eigenvalue weighted by molar-refractivity contribution is 7.20. The Labute approximate surface area is 193 Å². The minimum Gasteiger partial charge on any atom is -0.393 e. The summed E-state index contributed by atoms with van der Waals surface area (Å²) in [5, 5.41) is 12.5. The van der Waals surface area contributed by atoms with Crippen LogP contribution < -0.4 is 10.2 Å².